The van der Waals surface area contributed by atoms with E-state index < -0.39 is 29.0 Å². The summed E-state index contributed by atoms with van der Waals surface area (Å²) in [6.45, 7) is 0. The number of aromatic nitrogens is 3. The molecule has 1 saturated carbocycles. The van der Waals surface area contributed by atoms with Gasteiger partial charge in [0.2, 0.25) is 5.91 Å². The van der Waals surface area contributed by atoms with Crippen LogP contribution in [0.1, 0.15) is 46.9 Å². The zero-order valence-corrected chi connectivity index (χ0v) is 18.9. The predicted octanol–water partition coefficient (Wildman–Crippen LogP) is 2.37. The number of amides is 2. The van der Waals surface area contributed by atoms with Gasteiger partial charge in [-0.05, 0) is 36.6 Å². The van der Waals surface area contributed by atoms with Crippen LogP contribution in [0, 0.1) is 11.7 Å². The minimum atomic E-state index is -1.38. The maximum absolute atomic E-state index is 14.2. The fraction of sp³-hybridized carbons (Fsp3) is 0.261. The summed E-state index contributed by atoms with van der Waals surface area (Å²) in [5.41, 5.74) is 5.38. The Labute approximate surface area is 202 Å². The second kappa shape index (κ2) is 7.59. The van der Waals surface area contributed by atoms with Crippen LogP contribution in [0.4, 0.5) is 21.7 Å². The molecular formula is C23H19ClFN7O3. The van der Waals surface area contributed by atoms with Crippen LogP contribution in [0.3, 0.4) is 0 Å². The van der Waals surface area contributed by atoms with E-state index in [1.165, 1.54) is 35.2 Å². The molecule has 12 heteroatoms. The lowest BCUT2D eigenvalue weighted by Gasteiger charge is -2.28. The first kappa shape index (κ1) is 21.7. The number of hydrogen-bond donors (Lipinski definition) is 4. The van der Waals surface area contributed by atoms with Crippen LogP contribution in [0.5, 0.6) is 0 Å². The highest BCUT2D eigenvalue weighted by Gasteiger charge is 2.52. The highest BCUT2D eigenvalue weighted by molar-refractivity contribution is 6.34. The van der Waals surface area contributed by atoms with Gasteiger partial charge in [0, 0.05) is 30.0 Å². The number of hydrogen-bond acceptors (Lipinski definition) is 7. The molecule has 2 aromatic heterocycles. The van der Waals surface area contributed by atoms with E-state index in [0.717, 1.165) is 12.8 Å². The molecule has 3 aromatic rings. The Balaban J connectivity index is 1.43. The molecule has 2 aliphatic carbocycles. The van der Waals surface area contributed by atoms with Gasteiger partial charge in [0.15, 0.2) is 0 Å². The first-order chi connectivity index (χ1) is 16.8. The van der Waals surface area contributed by atoms with Crippen molar-refractivity contribution in [1.29, 1.82) is 0 Å². The second-order valence-corrected chi connectivity index (χ2v) is 9.34. The Hall–Kier alpha value is -3.83. The molecule has 3 aliphatic rings. The number of benzene rings is 1. The zero-order valence-electron chi connectivity index (χ0n) is 18.1. The van der Waals surface area contributed by atoms with E-state index in [4.69, 9.17) is 17.3 Å². The molecule has 1 fully saturated rings. The van der Waals surface area contributed by atoms with E-state index in [-0.39, 0.29) is 46.3 Å². The maximum Gasteiger partial charge on any atom is 0.277 e. The summed E-state index contributed by atoms with van der Waals surface area (Å²) in [6.07, 6.45) is 3.09. The average Bonchev–Trinajstić information content (AvgIpc) is 3.57. The molecule has 1 aliphatic heterocycles. The highest BCUT2D eigenvalue weighted by atomic mass is 35.5. The number of rotatable bonds is 4. The fourth-order valence-corrected chi connectivity index (χ4v) is 5.12. The number of fused-ring (bicyclic) bond motifs is 4. The standard InChI is InChI=1S/C23H19ClFN7O3/c24-14-6-16(29-17-7-18(28-9-27-17)30-20(33)10-1-2-10)22(35)32-19(14)21(34)31-23(32)8-15(26)12-4-3-11(25)5-13(12)23/h3-7,9-10,15H,1-2,8,26H2,(H,31,34)(H2,27,28,29,30,33). The molecule has 10 nitrogen and oxygen atoms in total. The highest BCUT2D eigenvalue weighted by Crippen LogP contribution is 2.46. The molecule has 0 saturated heterocycles. The summed E-state index contributed by atoms with van der Waals surface area (Å²) in [5, 5.41) is 8.47. The SMILES string of the molecule is NC1CC2(NC(=O)c3c(Cl)cc(Nc4cc(NC(=O)C5CC5)ncn4)c(=O)n32)c2cc(F)ccc21. The van der Waals surface area contributed by atoms with Gasteiger partial charge >= 0.3 is 0 Å². The van der Waals surface area contributed by atoms with Gasteiger partial charge in [0.25, 0.3) is 11.5 Å². The van der Waals surface area contributed by atoms with E-state index in [0.29, 0.717) is 11.1 Å². The summed E-state index contributed by atoms with van der Waals surface area (Å²) < 4.78 is 15.4. The number of nitrogens with two attached hydrogens (primary N) is 1. The number of nitrogens with zero attached hydrogens (tertiary/aromatic N) is 3. The van der Waals surface area contributed by atoms with Crippen LogP contribution in [0.25, 0.3) is 0 Å². The van der Waals surface area contributed by atoms with Crippen LogP contribution in [-0.2, 0) is 10.5 Å². The topological polar surface area (TPSA) is 144 Å². The first-order valence-corrected chi connectivity index (χ1v) is 11.4. The average molecular weight is 496 g/mol. The lowest BCUT2D eigenvalue weighted by molar-refractivity contribution is -0.117. The molecule has 1 spiro atoms. The van der Waals surface area contributed by atoms with Crippen molar-refractivity contribution in [2.24, 2.45) is 11.7 Å². The van der Waals surface area contributed by atoms with Crippen LogP contribution >= 0.6 is 11.6 Å². The Morgan fingerprint density at radius 3 is 2.74 bits per heavy atom. The van der Waals surface area contributed by atoms with Gasteiger partial charge in [-0.2, -0.15) is 0 Å². The van der Waals surface area contributed by atoms with E-state index in [2.05, 4.69) is 25.9 Å². The molecule has 0 bridgehead atoms. The van der Waals surface area contributed by atoms with E-state index in [9.17, 15) is 18.8 Å². The summed E-state index contributed by atoms with van der Waals surface area (Å²) in [4.78, 5) is 46.8. The van der Waals surface area contributed by atoms with Gasteiger partial charge in [0.05, 0.1) is 5.02 Å². The number of nitrogens with one attached hydrogen (secondary N) is 3. The van der Waals surface area contributed by atoms with Crippen molar-refractivity contribution >= 4 is 40.7 Å². The normalized spacial score (nSPS) is 22.0. The van der Waals surface area contributed by atoms with Crippen molar-refractivity contribution in [1.82, 2.24) is 19.9 Å². The van der Waals surface area contributed by atoms with Gasteiger partial charge in [-0.3, -0.25) is 19.0 Å². The van der Waals surface area contributed by atoms with Crippen LogP contribution < -0.4 is 27.2 Å². The van der Waals surface area contributed by atoms with Crippen LogP contribution in [-0.4, -0.2) is 26.3 Å². The summed E-state index contributed by atoms with van der Waals surface area (Å²) in [7, 11) is 0. The van der Waals surface area contributed by atoms with Crippen molar-refractivity contribution in [3.8, 4) is 0 Å². The minimum absolute atomic E-state index is 0.00624. The molecule has 2 amide bonds. The Bertz CT molecular complexity index is 1490. The third-order valence-corrected chi connectivity index (χ3v) is 6.86. The summed E-state index contributed by atoms with van der Waals surface area (Å²) in [5.74, 6) is -0.685. The van der Waals surface area contributed by atoms with E-state index >= 15 is 0 Å². The molecule has 2 unspecified atom stereocenters. The van der Waals surface area contributed by atoms with Crippen molar-refractivity contribution < 1.29 is 14.0 Å². The van der Waals surface area contributed by atoms with Gasteiger partial charge in [-0.1, -0.05) is 17.7 Å². The fourth-order valence-electron chi connectivity index (χ4n) is 4.84. The molecule has 5 N–H and O–H groups in total. The molecule has 2 atom stereocenters. The number of carbonyl (C=O) groups excluding carboxylic acids is 2. The van der Waals surface area contributed by atoms with E-state index in [1.807, 2.05) is 0 Å². The second-order valence-electron chi connectivity index (χ2n) is 8.93. The van der Waals surface area contributed by atoms with Crippen molar-refractivity contribution in [3.05, 3.63) is 74.7 Å². The summed E-state index contributed by atoms with van der Waals surface area (Å²) >= 11 is 6.45. The van der Waals surface area contributed by atoms with E-state index in [1.54, 1.807) is 6.07 Å². The molecule has 3 heterocycles. The molecule has 35 heavy (non-hydrogen) atoms. The number of carbonyl (C=O) groups is 2. The lowest BCUT2D eigenvalue weighted by Crippen LogP contribution is -2.47. The molecule has 0 radical (unpaired) electrons. The van der Waals surface area contributed by atoms with Crippen molar-refractivity contribution in [3.63, 3.8) is 0 Å². The largest absolute Gasteiger partial charge is 0.336 e. The summed E-state index contributed by atoms with van der Waals surface area (Å²) in [6, 6.07) is 6.41. The third kappa shape index (κ3) is 3.38. The number of anilines is 3. The Morgan fingerprint density at radius 1 is 1.20 bits per heavy atom. The van der Waals surface area contributed by atoms with Crippen LogP contribution in [0.2, 0.25) is 5.02 Å². The smallest absolute Gasteiger partial charge is 0.277 e. The Kier molecular flexibility index (Phi) is 4.70. The Morgan fingerprint density at radius 2 is 1.97 bits per heavy atom. The van der Waals surface area contributed by atoms with Crippen molar-refractivity contribution in [2.45, 2.75) is 31.0 Å². The third-order valence-electron chi connectivity index (χ3n) is 6.58. The first-order valence-electron chi connectivity index (χ1n) is 11.0. The zero-order chi connectivity index (χ0) is 24.5. The number of pyridine rings is 1. The molecule has 1 aromatic carbocycles. The lowest BCUT2D eigenvalue weighted by atomic mass is 10.0. The monoisotopic (exact) mass is 495 g/mol. The number of halogens is 2. The van der Waals surface area contributed by atoms with Gasteiger partial charge in [-0.15, -0.1) is 0 Å². The van der Waals surface area contributed by atoms with Crippen LogP contribution in [0.15, 0.2) is 41.5 Å². The van der Waals surface area contributed by atoms with Gasteiger partial charge < -0.3 is 21.7 Å². The maximum atomic E-state index is 14.2. The molecular weight excluding hydrogens is 477 g/mol. The van der Waals surface area contributed by atoms with Gasteiger partial charge in [-0.25, -0.2) is 14.4 Å². The minimum Gasteiger partial charge on any atom is -0.336 e. The predicted molar refractivity (Wildman–Crippen MR) is 125 cm³/mol. The molecule has 6 rings (SSSR count). The quantitative estimate of drug-likeness (QED) is 0.435. The van der Waals surface area contributed by atoms with Gasteiger partial charge in [0.1, 0.15) is 40.8 Å². The molecule has 178 valence electrons. The van der Waals surface area contributed by atoms with Crippen molar-refractivity contribution in [2.75, 3.05) is 10.6 Å².